The Morgan fingerprint density at radius 3 is 1.11 bits per heavy atom. The van der Waals surface area contributed by atoms with E-state index in [1.165, 1.54) is 145 Å². The van der Waals surface area contributed by atoms with Gasteiger partial charge in [-0.05, 0) is 132 Å². The Morgan fingerprint density at radius 2 is 0.719 bits per heavy atom. The molecule has 5 aliphatic rings. The highest BCUT2D eigenvalue weighted by molar-refractivity contribution is 7.00. The van der Waals surface area contributed by atoms with Gasteiger partial charge in [-0.3, -0.25) is 0 Å². The van der Waals surface area contributed by atoms with Crippen LogP contribution in [0.1, 0.15) is 83.3 Å². The van der Waals surface area contributed by atoms with Gasteiger partial charge in [0, 0.05) is 22.2 Å². The van der Waals surface area contributed by atoms with E-state index in [0.29, 0.717) is 0 Å². The fraction of sp³-hybridized carbons (Fsp3) is 0.200. The van der Waals surface area contributed by atoms with Crippen molar-refractivity contribution >= 4 is 80.3 Å². The number of hydrogen-bond acceptors (Lipinski definition) is 2. The minimum Gasteiger partial charge on any atom is -0.307 e. The number of benzene rings is 8. The highest BCUT2D eigenvalue weighted by Gasteiger charge is 2.49. The topological polar surface area (TPSA) is 6.48 Å². The molecule has 2 aliphatic carbocycles. The van der Waals surface area contributed by atoms with Crippen LogP contribution in [0, 0.1) is 41.5 Å². The normalized spacial score (nSPS) is 15.8. The molecule has 0 N–H and O–H groups in total. The Hall–Kier alpha value is -6.51. The van der Waals surface area contributed by atoms with Gasteiger partial charge < -0.3 is 9.80 Å². The van der Waals surface area contributed by atoms with Crippen molar-refractivity contribution in [2.24, 2.45) is 0 Å². The SMILES string of the molecule is Cc1cc(C)c(B2c3cc4c(cc3N3c5cccc6c5N(c5cc7c(cc5B6c5c(C)cc(C)cc5C)C(C)(C)c5ccccc5-7)c5cccc2c53)-c2ccccc2C4(C)C)c(C)c1. The molecule has 64 heavy (non-hydrogen) atoms. The van der Waals surface area contributed by atoms with E-state index >= 15 is 0 Å². The maximum absolute atomic E-state index is 2.68. The molecule has 0 atom stereocenters. The van der Waals surface area contributed by atoms with Gasteiger partial charge >= 0.3 is 0 Å². The third-order valence-electron chi connectivity index (χ3n) is 16.3. The van der Waals surface area contributed by atoms with E-state index in [9.17, 15) is 0 Å². The van der Waals surface area contributed by atoms with Crippen LogP contribution in [-0.4, -0.2) is 13.4 Å². The number of aryl methyl sites for hydroxylation is 6. The zero-order valence-electron chi connectivity index (χ0n) is 38.8. The predicted molar refractivity (Wildman–Crippen MR) is 275 cm³/mol. The van der Waals surface area contributed by atoms with Crippen molar-refractivity contribution < 1.29 is 0 Å². The van der Waals surface area contributed by atoms with Crippen LogP contribution in [-0.2, 0) is 10.8 Å². The zero-order chi connectivity index (χ0) is 43.9. The molecule has 0 spiro atoms. The molecular weight excluding hydrogens is 770 g/mol. The van der Waals surface area contributed by atoms with Crippen molar-refractivity contribution in [3.05, 3.63) is 189 Å². The summed E-state index contributed by atoms with van der Waals surface area (Å²) in [6.07, 6.45) is 0. The summed E-state index contributed by atoms with van der Waals surface area (Å²) in [4.78, 5) is 5.36. The highest BCUT2D eigenvalue weighted by atomic mass is 15.3. The summed E-state index contributed by atoms with van der Waals surface area (Å²) < 4.78 is 0. The van der Waals surface area contributed by atoms with Crippen molar-refractivity contribution in [2.75, 3.05) is 9.80 Å². The van der Waals surface area contributed by atoms with Crippen molar-refractivity contribution in [3.63, 3.8) is 0 Å². The molecule has 8 aromatic carbocycles. The standard InChI is InChI=1S/C60H52B2N2/c1-33-25-35(3)55(36(4)26-33)61-47-21-15-23-51-57(47)63(53-29-41-39-17-11-13-19-43(39)59(7,8)45(41)31-49(53)61)52-24-16-22-48-58(52)64(51)54-30-42-40-18-12-14-20-44(40)60(9,10)46(42)32-50(54)62(48)56-37(5)27-34(2)28-38(56)6/h11-32H,1-10H3. The first-order valence-corrected chi connectivity index (χ1v) is 23.3. The minimum atomic E-state index is -0.121. The molecule has 2 nitrogen and oxygen atoms in total. The van der Waals surface area contributed by atoms with Crippen LogP contribution >= 0.6 is 0 Å². The van der Waals surface area contributed by atoms with Crippen LogP contribution in [0.25, 0.3) is 22.3 Å². The van der Waals surface area contributed by atoms with Gasteiger partial charge in [-0.15, -0.1) is 0 Å². The molecule has 0 saturated carbocycles. The first-order chi connectivity index (χ1) is 30.8. The molecule has 0 aromatic heterocycles. The molecule has 0 fully saturated rings. The van der Waals surface area contributed by atoms with Crippen LogP contribution < -0.4 is 42.6 Å². The lowest BCUT2D eigenvalue weighted by atomic mass is 9.32. The van der Waals surface area contributed by atoms with E-state index < -0.39 is 0 Å². The maximum atomic E-state index is 2.68. The third-order valence-corrected chi connectivity index (χ3v) is 16.3. The molecule has 0 amide bonds. The largest absolute Gasteiger partial charge is 0.307 e. The van der Waals surface area contributed by atoms with Gasteiger partial charge in [-0.1, -0.05) is 181 Å². The lowest BCUT2D eigenvalue weighted by Gasteiger charge is -2.49. The molecule has 0 unspecified atom stereocenters. The predicted octanol–water partition coefficient (Wildman–Crippen LogP) is 11.1. The molecule has 308 valence electrons. The lowest BCUT2D eigenvalue weighted by Crippen LogP contribution is -2.62. The van der Waals surface area contributed by atoms with Gasteiger partial charge in [0.15, 0.2) is 0 Å². The van der Waals surface area contributed by atoms with Crippen molar-refractivity contribution in [3.8, 4) is 22.3 Å². The van der Waals surface area contributed by atoms with Crippen molar-refractivity contribution in [1.29, 1.82) is 0 Å². The first kappa shape index (κ1) is 38.0. The Balaban J connectivity index is 1.16. The van der Waals surface area contributed by atoms with Crippen molar-refractivity contribution in [1.82, 2.24) is 0 Å². The Labute approximate surface area is 379 Å². The quantitative estimate of drug-likeness (QED) is 0.160. The Morgan fingerprint density at radius 1 is 0.344 bits per heavy atom. The van der Waals surface area contributed by atoms with Gasteiger partial charge in [-0.25, -0.2) is 0 Å². The van der Waals surface area contributed by atoms with Gasteiger partial charge in [-0.2, -0.15) is 0 Å². The third kappa shape index (κ3) is 4.69. The summed E-state index contributed by atoms with van der Waals surface area (Å²) in [6, 6.07) is 52.6. The number of nitrogens with zero attached hydrogens (tertiary/aromatic N) is 2. The van der Waals surface area contributed by atoms with Crippen LogP contribution in [0.4, 0.5) is 34.1 Å². The summed E-state index contributed by atoms with van der Waals surface area (Å²) >= 11 is 0. The smallest absolute Gasteiger partial charge is 0.247 e. The Bertz CT molecular complexity index is 3170. The number of hydrogen-bond donors (Lipinski definition) is 0. The summed E-state index contributed by atoms with van der Waals surface area (Å²) in [6.45, 7) is 23.6. The van der Waals surface area contributed by atoms with Crippen LogP contribution in [0.15, 0.2) is 133 Å². The van der Waals surface area contributed by atoms with Gasteiger partial charge in [0.25, 0.3) is 0 Å². The fourth-order valence-corrected chi connectivity index (χ4v) is 13.8. The molecule has 3 aliphatic heterocycles. The highest BCUT2D eigenvalue weighted by Crippen LogP contribution is 2.58. The molecule has 13 rings (SSSR count). The van der Waals surface area contributed by atoms with Crippen molar-refractivity contribution in [2.45, 2.75) is 80.1 Å². The summed E-state index contributed by atoms with van der Waals surface area (Å²) in [7, 11) is 0. The van der Waals surface area contributed by atoms with Crippen LogP contribution in [0.3, 0.4) is 0 Å². The second kappa shape index (κ2) is 12.6. The monoisotopic (exact) mass is 822 g/mol. The van der Waals surface area contributed by atoms with E-state index in [4.69, 9.17) is 0 Å². The second-order valence-electron chi connectivity index (χ2n) is 20.8. The molecule has 0 bridgehead atoms. The van der Waals surface area contributed by atoms with Gasteiger partial charge in [0.05, 0.1) is 22.7 Å². The molecule has 3 heterocycles. The molecule has 8 aromatic rings. The van der Waals surface area contributed by atoms with E-state index in [2.05, 4.69) is 212 Å². The molecule has 0 saturated heterocycles. The molecule has 0 radical (unpaired) electrons. The molecular formula is C60H52B2N2. The number of rotatable bonds is 2. The minimum absolute atomic E-state index is 0.0545. The van der Waals surface area contributed by atoms with Crippen LogP contribution in [0.2, 0.25) is 0 Å². The summed E-state index contributed by atoms with van der Waals surface area (Å²) in [5, 5.41) is 0. The number of anilines is 6. The Kier molecular flexibility index (Phi) is 7.48. The maximum Gasteiger partial charge on any atom is 0.247 e. The summed E-state index contributed by atoms with van der Waals surface area (Å²) in [5.74, 6) is 0. The first-order valence-electron chi connectivity index (χ1n) is 23.3. The fourth-order valence-electron chi connectivity index (χ4n) is 13.8. The van der Waals surface area contributed by atoms with E-state index in [1.807, 2.05) is 0 Å². The van der Waals surface area contributed by atoms with Crippen LogP contribution in [0.5, 0.6) is 0 Å². The van der Waals surface area contributed by atoms with E-state index in [1.54, 1.807) is 0 Å². The lowest BCUT2D eigenvalue weighted by molar-refractivity contribution is 0.660. The average Bonchev–Trinajstić information content (AvgIpc) is 3.62. The summed E-state index contributed by atoms with van der Waals surface area (Å²) in [5.41, 5.74) is 34.9. The number of fused-ring (bicyclic) bond motifs is 12. The average molecular weight is 823 g/mol. The second-order valence-corrected chi connectivity index (χ2v) is 20.8. The van der Waals surface area contributed by atoms with E-state index in [0.717, 1.165) is 0 Å². The zero-order valence-corrected chi connectivity index (χ0v) is 38.8. The van der Waals surface area contributed by atoms with Gasteiger partial charge in [0.1, 0.15) is 0 Å². The van der Waals surface area contributed by atoms with E-state index in [-0.39, 0.29) is 24.3 Å². The molecule has 4 heteroatoms. The number of para-hydroxylation sites is 2. The van der Waals surface area contributed by atoms with Gasteiger partial charge in [0.2, 0.25) is 13.4 Å².